The van der Waals surface area contributed by atoms with Crippen LogP contribution in [0.15, 0.2) is 16.3 Å². The molecule has 1 aliphatic rings. The maximum atomic E-state index is 12.7. The van der Waals surface area contributed by atoms with E-state index in [4.69, 9.17) is 5.11 Å². The summed E-state index contributed by atoms with van der Waals surface area (Å²) in [5.74, 6) is -1.62. The molecular weight excluding hydrogens is 315 g/mol. The standard InChI is InChI=1S/C11H14F3NO3S2/c12-11(13,14)8-2-1-4-15(6-8)20(17,18)10-3-5-19-9(10)7-16/h3,5,8,16H,1-2,4,6-7H2. The van der Waals surface area contributed by atoms with Crippen LogP contribution in [-0.4, -0.2) is 37.1 Å². The molecule has 1 aromatic heterocycles. The Morgan fingerprint density at radius 1 is 1.45 bits per heavy atom. The number of aliphatic hydroxyl groups excluding tert-OH is 1. The lowest BCUT2D eigenvalue weighted by Crippen LogP contribution is -2.44. The molecule has 1 fully saturated rings. The molecule has 0 aliphatic carbocycles. The highest BCUT2D eigenvalue weighted by molar-refractivity contribution is 7.89. The Morgan fingerprint density at radius 2 is 2.15 bits per heavy atom. The summed E-state index contributed by atoms with van der Waals surface area (Å²) in [5.41, 5.74) is 0. The molecule has 2 rings (SSSR count). The first-order chi connectivity index (χ1) is 9.26. The Hall–Kier alpha value is -0.640. The number of halogens is 3. The van der Waals surface area contributed by atoms with E-state index < -0.39 is 35.3 Å². The lowest BCUT2D eigenvalue weighted by Gasteiger charge is -2.32. The molecule has 0 saturated carbocycles. The van der Waals surface area contributed by atoms with Crippen molar-refractivity contribution in [2.24, 2.45) is 5.92 Å². The van der Waals surface area contributed by atoms with Gasteiger partial charge in [-0.15, -0.1) is 11.3 Å². The number of piperidine rings is 1. The van der Waals surface area contributed by atoms with Crippen LogP contribution in [0.2, 0.25) is 0 Å². The quantitative estimate of drug-likeness (QED) is 0.925. The first kappa shape index (κ1) is 15.7. The third-order valence-electron chi connectivity index (χ3n) is 3.31. The zero-order valence-corrected chi connectivity index (χ0v) is 12.1. The molecule has 9 heteroatoms. The van der Waals surface area contributed by atoms with Crippen LogP contribution in [-0.2, 0) is 16.6 Å². The van der Waals surface area contributed by atoms with Gasteiger partial charge in [0.15, 0.2) is 0 Å². The summed E-state index contributed by atoms with van der Waals surface area (Å²) >= 11 is 1.07. The summed E-state index contributed by atoms with van der Waals surface area (Å²) in [6, 6.07) is 1.32. The summed E-state index contributed by atoms with van der Waals surface area (Å²) < 4.78 is 63.8. The molecule has 2 heterocycles. The van der Waals surface area contributed by atoms with Crippen molar-refractivity contribution < 1.29 is 26.7 Å². The molecule has 1 unspecified atom stereocenters. The summed E-state index contributed by atoms with van der Waals surface area (Å²) in [6.07, 6.45) is -4.25. The van der Waals surface area contributed by atoms with Crippen LogP contribution in [0.5, 0.6) is 0 Å². The predicted octanol–water partition coefficient (Wildman–Crippen LogP) is 2.20. The fraction of sp³-hybridized carbons (Fsp3) is 0.636. The van der Waals surface area contributed by atoms with Gasteiger partial charge < -0.3 is 5.11 Å². The second kappa shape index (κ2) is 5.63. The van der Waals surface area contributed by atoms with Gasteiger partial charge in [0, 0.05) is 18.0 Å². The molecule has 1 atom stereocenters. The number of alkyl halides is 3. The minimum absolute atomic E-state index is 0.0496. The van der Waals surface area contributed by atoms with E-state index >= 15 is 0 Å². The molecule has 1 N–H and O–H groups in total. The van der Waals surface area contributed by atoms with Crippen molar-refractivity contribution in [2.75, 3.05) is 13.1 Å². The number of thiophene rings is 1. The molecule has 1 aromatic rings. The number of nitrogens with zero attached hydrogens (tertiary/aromatic N) is 1. The Labute approximate surface area is 118 Å². The van der Waals surface area contributed by atoms with Crippen molar-refractivity contribution in [3.63, 3.8) is 0 Å². The predicted molar refractivity (Wildman–Crippen MR) is 67.8 cm³/mol. The van der Waals surface area contributed by atoms with Crippen molar-refractivity contribution >= 4 is 21.4 Å². The number of hydrogen-bond acceptors (Lipinski definition) is 4. The number of sulfonamides is 1. The molecule has 4 nitrogen and oxygen atoms in total. The molecule has 114 valence electrons. The minimum atomic E-state index is -4.39. The summed E-state index contributed by atoms with van der Waals surface area (Å²) in [4.78, 5) is 0.159. The van der Waals surface area contributed by atoms with Gasteiger partial charge in [-0.05, 0) is 24.3 Å². The van der Waals surface area contributed by atoms with Gasteiger partial charge in [0.05, 0.1) is 17.4 Å². The molecule has 1 aliphatic heterocycles. The lowest BCUT2D eigenvalue weighted by molar-refractivity contribution is -0.182. The normalized spacial score (nSPS) is 22.1. The fourth-order valence-electron chi connectivity index (χ4n) is 2.24. The van der Waals surface area contributed by atoms with E-state index in [1.54, 1.807) is 0 Å². The lowest BCUT2D eigenvalue weighted by atomic mass is 9.99. The highest BCUT2D eigenvalue weighted by Crippen LogP contribution is 2.35. The highest BCUT2D eigenvalue weighted by Gasteiger charge is 2.44. The zero-order chi connectivity index (χ0) is 15.0. The molecule has 20 heavy (non-hydrogen) atoms. The largest absolute Gasteiger partial charge is 0.393 e. The second-order valence-corrected chi connectivity index (χ2v) is 7.52. The average molecular weight is 329 g/mol. The molecule has 0 bridgehead atoms. The van der Waals surface area contributed by atoms with Gasteiger partial charge in [0.25, 0.3) is 0 Å². The SMILES string of the molecule is O=S(=O)(c1ccsc1CO)N1CCCC(C(F)(F)F)C1. The van der Waals surface area contributed by atoms with Gasteiger partial charge in [0.1, 0.15) is 0 Å². The van der Waals surface area contributed by atoms with Crippen LogP contribution in [0.3, 0.4) is 0 Å². The first-order valence-corrected chi connectivity index (χ1v) is 8.33. The molecule has 0 aromatic carbocycles. The summed E-state index contributed by atoms with van der Waals surface area (Å²) in [5, 5.41) is 10.6. The van der Waals surface area contributed by atoms with Crippen LogP contribution in [0.1, 0.15) is 17.7 Å². The molecule has 0 spiro atoms. The van der Waals surface area contributed by atoms with Crippen molar-refractivity contribution in [3.05, 3.63) is 16.3 Å². The van der Waals surface area contributed by atoms with Crippen LogP contribution in [0.25, 0.3) is 0 Å². The third-order valence-corrected chi connectivity index (χ3v) is 6.30. The second-order valence-electron chi connectivity index (χ2n) is 4.61. The van der Waals surface area contributed by atoms with Crippen molar-refractivity contribution in [2.45, 2.75) is 30.5 Å². The fourth-order valence-corrected chi connectivity index (χ4v) is 5.03. The van der Waals surface area contributed by atoms with Gasteiger partial charge in [0.2, 0.25) is 10.0 Å². The van der Waals surface area contributed by atoms with Gasteiger partial charge in [-0.2, -0.15) is 17.5 Å². The topological polar surface area (TPSA) is 57.6 Å². The smallest absolute Gasteiger partial charge is 0.391 e. The maximum Gasteiger partial charge on any atom is 0.393 e. The first-order valence-electron chi connectivity index (χ1n) is 6.01. The van der Waals surface area contributed by atoms with Crippen molar-refractivity contribution in [3.8, 4) is 0 Å². The van der Waals surface area contributed by atoms with Crippen LogP contribution in [0, 0.1) is 5.92 Å². The number of rotatable bonds is 3. The van der Waals surface area contributed by atoms with Crippen LogP contribution < -0.4 is 0 Å². The maximum absolute atomic E-state index is 12.7. The van der Waals surface area contributed by atoms with E-state index in [1.807, 2.05) is 0 Å². The zero-order valence-electron chi connectivity index (χ0n) is 10.4. The Bertz CT molecular complexity index is 568. The Morgan fingerprint density at radius 3 is 2.75 bits per heavy atom. The van der Waals surface area contributed by atoms with E-state index in [9.17, 15) is 21.6 Å². The monoisotopic (exact) mass is 329 g/mol. The van der Waals surface area contributed by atoms with Crippen molar-refractivity contribution in [1.82, 2.24) is 4.31 Å². The number of aliphatic hydroxyl groups is 1. The summed E-state index contributed by atoms with van der Waals surface area (Å²) in [6.45, 7) is -0.912. The van der Waals surface area contributed by atoms with E-state index in [-0.39, 0.29) is 29.2 Å². The van der Waals surface area contributed by atoms with E-state index in [2.05, 4.69) is 0 Å². The highest BCUT2D eigenvalue weighted by atomic mass is 32.2. The number of hydrogen-bond donors (Lipinski definition) is 1. The van der Waals surface area contributed by atoms with Gasteiger partial charge in [-0.25, -0.2) is 8.42 Å². The third kappa shape index (κ3) is 3.00. The molecular formula is C11H14F3NO3S2. The van der Waals surface area contributed by atoms with Gasteiger partial charge >= 0.3 is 6.18 Å². The van der Waals surface area contributed by atoms with Crippen LogP contribution >= 0.6 is 11.3 Å². The van der Waals surface area contributed by atoms with Crippen molar-refractivity contribution in [1.29, 1.82) is 0 Å². The summed E-state index contributed by atoms with van der Waals surface area (Å²) in [7, 11) is -3.97. The Kier molecular flexibility index (Phi) is 4.43. The van der Waals surface area contributed by atoms with Crippen LogP contribution in [0.4, 0.5) is 13.2 Å². The Balaban J connectivity index is 2.26. The molecule has 1 saturated heterocycles. The molecule has 0 amide bonds. The van der Waals surface area contributed by atoms with E-state index in [0.29, 0.717) is 0 Å². The van der Waals surface area contributed by atoms with E-state index in [0.717, 1.165) is 15.6 Å². The van der Waals surface area contributed by atoms with Gasteiger partial charge in [-0.3, -0.25) is 0 Å². The molecule has 0 radical (unpaired) electrons. The average Bonchev–Trinajstić information content (AvgIpc) is 2.87. The van der Waals surface area contributed by atoms with E-state index in [1.165, 1.54) is 11.4 Å². The minimum Gasteiger partial charge on any atom is -0.391 e. The van der Waals surface area contributed by atoms with Gasteiger partial charge in [-0.1, -0.05) is 0 Å².